The van der Waals surface area contributed by atoms with Crippen molar-refractivity contribution in [2.24, 2.45) is 23.7 Å². The van der Waals surface area contributed by atoms with Crippen LogP contribution in [0.1, 0.15) is 83.5 Å². The molecular weight excluding hydrogens is 360 g/mol. The fourth-order valence-corrected chi connectivity index (χ4v) is 7.97. The first kappa shape index (κ1) is 20.9. The highest BCUT2D eigenvalue weighted by molar-refractivity contribution is 7.92. The van der Waals surface area contributed by atoms with Crippen molar-refractivity contribution in [1.29, 1.82) is 0 Å². The monoisotopic (exact) mass is 396 g/mol. The maximum Gasteiger partial charge on any atom is 0.303 e. The lowest BCUT2D eigenvalue weighted by Gasteiger charge is -2.31. The molecule has 0 aliphatic heterocycles. The van der Waals surface area contributed by atoms with Crippen LogP contribution in [0.15, 0.2) is 12.2 Å². The number of unbranched alkanes of at least 4 members (excludes halogenated alkanes) is 1. The minimum absolute atomic E-state index is 0.0718. The van der Waals surface area contributed by atoms with E-state index in [2.05, 4.69) is 12.2 Å². The molecular formula is C22H36O4S. The summed E-state index contributed by atoms with van der Waals surface area (Å²) >= 11 is 0. The van der Waals surface area contributed by atoms with Gasteiger partial charge >= 0.3 is 5.97 Å². The van der Waals surface area contributed by atoms with Crippen LogP contribution in [0.3, 0.4) is 0 Å². The molecule has 0 amide bonds. The normalized spacial score (nSPS) is 31.7. The number of carboxylic acid groups (broad SMARTS) is 1. The lowest BCUT2D eigenvalue weighted by Crippen LogP contribution is -2.30. The molecule has 154 valence electrons. The Morgan fingerprint density at radius 2 is 1.67 bits per heavy atom. The molecule has 0 aromatic carbocycles. The number of hydrogen-bond donors (Lipinski definition) is 1. The van der Waals surface area contributed by atoms with E-state index in [0.717, 1.165) is 56.8 Å². The molecule has 3 aliphatic carbocycles. The summed E-state index contributed by atoms with van der Waals surface area (Å²) in [4.78, 5) is 10.6. The van der Waals surface area contributed by atoms with Gasteiger partial charge in [0.05, 0.1) is 11.0 Å². The SMILES string of the molecule is O=C(O)CCCC=CC[C@H]1[C@H]2CC[C@H](C2)[C@H]1CCS(=O)(=O)C1CCCCC1. The molecule has 4 nitrogen and oxygen atoms in total. The van der Waals surface area contributed by atoms with E-state index in [0.29, 0.717) is 24.0 Å². The first-order chi connectivity index (χ1) is 13.0. The van der Waals surface area contributed by atoms with Crippen molar-refractivity contribution in [3.63, 3.8) is 0 Å². The third-order valence-electron chi connectivity index (χ3n) is 7.41. The molecule has 0 heterocycles. The van der Waals surface area contributed by atoms with Crippen molar-refractivity contribution in [2.75, 3.05) is 5.75 Å². The molecule has 5 heteroatoms. The topological polar surface area (TPSA) is 71.4 Å². The Bertz CT molecular complexity index is 618. The van der Waals surface area contributed by atoms with E-state index >= 15 is 0 Å². The highest BCUT2D eigenvalue weighted by Crippen LogP contribution is 2.55. The van der Waals surface area contributed by atoms with Crippen LogP contribution in [-0.2, 0) is 14.6 Å². The highest BCUT2D eigenvalue weighted by Gasteiger charge is 2.46. The number of fused-ring (bicyclic) bond motifs is 2. The minimum Gasteiger partial charge on any atom is -0.481 e. The summed E-state index contributed by atoms with van der Waals surface area (Å²) in [5.74, 6) is 2.40. The van der Waals surface area contributed by atoms with Crippen molar-refractivity contribution >= 4 is 15.8 Å². The van der Waals surface area contributed by atoms with Gasteiger partial charge in [0.1, 0.15) is 0 Å². The molecule has 0 spiro atoms. The van der Waals surface area contributed by atoms with Gasteiger partial charge in [0.15, 0.2) is 9.84 Å². The second kappa shape index (κ2) is 9.58. The molecule has 3 fully saturated rings. The zero-order valence-electron chi connectivity index (χ0n) is 16.5. The molecule has 27 heavy (non-hydrogen) atoms. The number of aliphatic carboxylic acids is 1. The first-order valence-electron chi connectivity index (χ1n) is 11.1. The van der Waals surface area contributed by atoms with E-state index in [1.54, 1.807) is 0 Å². The van der Waals surface area contributed by atoms with Gasteiger partial charge in [-0.3, -0.25) is 4.79 Å². The van der Waals surface area contributed by atoms with Crippen LogP contribution >= 0.6 is 0 Å². The number of carboxylic acids is 1. The van der Waals surface area contributed by atoms with Gasteiger partial charge in [-0.15, -0.1) is 0 Å². The van der Waals surface area contributed by atoms with Gasteiger partial charge in [0.2, 0.25) is 0 Å². The van der Waals surface area contributed by atoms with Crippen molar-refractivity contribution in [1.82, 2.24) is 0 Å². The number of hydrogen-bond acceptors (Lipinski definition) is 3. The van der Waals surface area contributed by atoms with Crippen LogP contribution in [0.25, 0.3) is 0 Å². The number of allylic oxidation sites excluding steroid dienone is 2. The van der Waals surface area contributed by atoms with Gasteiger partial charge in [-0.05, 0) is 81.5 Å². The molecule has 0 aromatic heterocycles. The Morgan fingerprint density at radius 1 is 0.963 bits per heavy atom. The molecule has 2 bridgehead atoms. The third-order valence-corrected chi connectivity index (χ3v) is 9.70. The van der Waals surface area contributed by atoms with Gasteiger partial charge in [-0.25, -0.2) is 8.42 Å². The van der Waals surface area contributed by atoms with Crippen molar-refractivity contribution < 1.29 is 18.3 Å². The molecule has 0 aromatic rings. The molecule has 3 saturated carbocycles. The highest BCUT2D eigenvalue weighted by atomic mass is 32.2. The van der Waals surface area contributed by atoms with E-state index in [4.69, 9.17) is 5.11 Å². The van der Waals surface area contributed by atoms with Crippen LogP contribution in [-0.4, -0.2) is 30.5 Å². The molecule has 1 N–H and O–H groups in total. The van der Waals surface area contributed by atoms with E-state index in [9.17, 15) is 13.2 Å². The van der Waals surface area contributed by atoms with Gasteiger partial charge in [-0.1, -0.05) is 31.4 Å². The second-order valence-electron chi connectivity index (χ2n) is 9.07. The maximum atomic E-state index is 12.8. The summed E-state index contributed by atoms with van der Waals surface area (Å²) in [6, 6.07) is 0. The Kier molecular flexibility index (Phi) is 7.41. The zero-order valence-corrected chi connectivity index (χ0v) is 17.3. The largest absolute Gasteiger partial charge is 0.481 e. The van der Waals surface area contributed by atoms with Crippen molar-refractivity contribution in [3.8, 4) is 0 Å². The predicted octanol–water partition coefficient (Wildman–Crippen LogP) is 4.99. The zero-order chi connectivity index (χ0) is 19.3. The lowest BCUT2D eigenvalue weighted by atomic mass is 9.76. The van der Waals surface area contributed by atoms with E-state index in [1.807, 2.05) is 0 Å². The summed E-state index contributed by atoms with van der Waals surface area (Å²) in [5.41, 5.74) is 0. The standard InChI is InChI=1S/C22H36O4S/c23-22(24)11-7-2-1-6-10-20-17-12-13-18(16-17)21(20)14-15-27(25,26)19-8-4-3-5-9-19/h1,6,17-21H,2-5,7-16H2,(H,23,24)/t17-,18+,20-,21+/m0/s1. The van der Waals surface area contributed by atoms with Gasteiger partial charge in [-0.2, -0.15) is 0 Å². The molecule has 4 atom stereocenters. The van der Waals surface area contributed by atoms with Crippen LogP contribution in [0, 0.1) is 23.7 Å². The summed E-state index contributed by atoms with van der Waals surface area (Å²) in [5, 5.41) is 8.62. The van der Waals surface area contributed by atoms with E-state index < -0.39 is 15.8 Å². The predicted molar refractivity (Wildman–Crippen MR) is 108 cm³/mol. The van der Waals surface area contributed by atoms with Gasteiger partial charge < -0.3 is 5.11 Å². The van der Waals surface area contributed by atoms with Gasteiger partial charge in [0.25, 0.3) is 0 Å². The summed E-state index contributed by atoms with van der Waals surface area (Å²) < 4.78 is 25.6. The Labute approximate surface area is 164 Å². The fraction of sp³-hybridized carbons (Fsp3) is 0.864. The van der Waals surface area contributed by atoms with E-state index in [-0.39, 0.29) is 11.7 Å². The van der Waals surface area contributed by atoms with Crippen LogP contribution < -0.4 is 0 Å². The minimum atomic E-state index is -2.93. The summed E-state index contributed by atoms with van der Waals surface area (Å²) in [6.07, 6.45) is 17.0. The average molecular weight is 397 g/mol. The number of sulfone groups is 1. The molecule has 0 radical (unpaired) electrons. The molecule has 3 aliphatic rings. The van der Waals surface area contributed by atoms with Crippen LogP contribution in [0.4, 0.5) is 0 Å². The lowest BCUT2D eigenvalue weighted by molar-refractivity contribution is -0.137. The Hall–Kier alpha value is -0.840. The Morgan fingerprint density at radius 3 is 2.37 bits per heavy atom. The smallest absolute Gasteiger partial charge is 0.303 e. The maximum absolute atomic E-state index is 12.8. The molecule has 3 rings (SSSR count). The first-order valence-corrected chi connectivity index (χ1v) is 12.8. The van der Waals surface area contributed by atoms with Crippen LogP contribution in [0.5, 0.6) is 0 Å². The summed E-state index contributed by atoms with van der Waals surface area (Å²) in [6.45, 7) is 0. The van der Waals surface area contributed by atoms with Crippen molar-refractivity contribution in [3.05, 3.63) is 12.2 Å². The fourth-order valence-electron chi connectivity index (χ4n) is 5.98. The van der Waals surface area contributed by atoms with Crippen molar-refractivity contribution in [2.45, 2.75) is 88.7 Å². The number of carbonyl (C=O) groups is 1. The Balaban J connectivity index is 1.49. The van der Waals surface area contributed by atoms with E-state index in [1.165, 1.54) is 25.7 Å². The third kappa shape index (κ3) is 5.58. The quantitative estimate of drug-likeness (QED) is 0.417. The number of rotatable bonds is 10. The second-order valence-corrected chi connectivity index (χ2v) is 11.5. The molecule has 0 unspecified atom stereocenters. The van der Waals surface area contributed by atoms with Gasteiger partial charge in [0, 0.05) is 6.42 Å². The summed E-state index contributed by atoms with van der Waals surface area (Å²) in [7, 11) is -2.93. The average Bonchev–Trinajstić information content (AvgIpc) is 3.25. The molecule has 0 saturated heterocycles. The van der Waals surface area contributed by atoms with Crippen LogP contribution in [0.2, 0.25) is 0 Å².